The molecule has 3 aromatic rings. The van der Waals surface area contributed by atoms with E-state index in [1.54, 1.807) is 31.2 Å². The number of benzene rings is 2. The van der Waals surface area contributed by atoms with Crippen LogP contribution in [0.15, 0.2) is 53.1 Å². The van der Waals surface area contributed by atoms with Crippen molar-refractivity contribution in [2.24, 2.45) is 0 Å². The van der Waals surface area contributed by atoms with E-state index in [0.717, 1.165) is 0 Å². The zero-order chi connectivity index (χ0) is 21.7. The Kier molecular flexibility index (Phi) is 6.48. The molecule has 1 aromatic heterocycles. The molecule has 1 N–H and O–H groups in total. The highest BCUT2D eigenvalue weighted by Crippen LogP contribution is 2.30. The Hall–Kier alpha value is -3.65. The van der Waals surface area contributed by atoms with Crippen molar-refractivity contribution in [1.82, 2.24) is 5.16 Å². The third-order valence-corrected chi connectivity index (χ3v) is 4.31. The number of nitrogens with zero attached hydrogens (tertiary/aromatic N) is 1. The molecule has 0 atom stereocenters. The summed E-state index contributed by atoms with van der Waals surface area (Å²) in [5.41, 5.74) is 1.09. The number of halogens is 1. The van der Waals surface area contributed by atoms with Crippen molar-refractivity contribution in [2.45, 2.75) is 6.92 Å². The summed E-state index contributed by atoms with van der Waals surface area (Å²) in [5.74, 6) is -2.07. The zero-order valence-corrected chi connectivity index (χ0v) is 16.9. The molecule has 0 radical (unpaired) electrons. The lowest BCUT2D eigenvalue weighted by atomic mass is 10.1. The minimum atomic E-state index is -0.706. The second kappa shape index (κ2) is 9.23. The number of aromatic nitrogens is 1. The monoisotopic (exact) mass is 428 g/mol. The van der Waals surface area contributed by atoms with Gasteiger partial charge >= 0.3 is 11.9 Å². The van der Waals surface area contributed by atoms with Gasteiger partial charge in [0.2, 0.25) is 5.88 Å². The van der Waals surface area contributed by atoms with Crippen LogP contribution in [0.5, 0.6) is 0 Å². The molecule has 0 unspecified atom stereocenters. The summed E-state index contributed by atoms with van der Waals surface area (Å²) >= 11 is 5.91. The quantitative estimate of drug-likeness (QED) is 0.586. The van der Waals surface area contributed by atoms with Gasteiger partial charge in [0.15, 0.2) is 5.56 Å². The van der Waals surface area contributed by atoms with Crippen LogP contribution in [-0.2, 0) is 9.47 Å². The molecule has 9 heteroatoms. The van der Waals surface area contributed by atoms with Crippen LogP contribution in [0, 0.1) is 0 Å². The maximum Gasteiger partial charge on any atom is 0.346 e. The molecule has 0 saturated carbocycles. The molecule has 0 aliphatic carbocycles. The maximum atomic E-state index is 12.7. The number of hydrogen-bond acceptors (Lipinski definition) is 7. The average Bonchev–Trinajstić information content (AvgIpc) is 3.17. The van der Waals surface area contributed by atoms with Crippen molar-refractivity contribution in [3.8, 4) is 11.3 Å². The average molecular weight is 429 g/mol. The number of ether oxygens (including phenoxy) is 2. The topological polar surface area (TPSA) is 108 Å². The Labute approximate surface area is 176 Å². The predicted molar refractivity (Wildman–Crippen MR) is 109 cm³/mol. The first kappa shape index (κ1) is 21.1. The van der Waals surface area contributed by atoms with Crippen molar-refractivity contribution in [3.05, 3.63) is 70.2 Å². The van der Waals surface area contributed by atoms with Crippen LogP contribution in [-0.4, -0.2) is 36.7 Å². The van der Waals surface area contributed by atoms with Crippen LogP contribution in [0.2, 0.25) is 5.02 Å². The van der Waals surface area contributed by atoms with Gasteiger partial charge in [-0.15, -0.1) is 0 Å². The number of nitrogens with one attached hydrogen (secondary N) is 1. The van der Waals surface area contributed by atoms with E-state index in [1.807, 2.05) is 0 Å². The molecule has 0 aliphatic heterocycles. The van der Waals surface area contributed by atoms with Crippen molar-refractivity contribution in [2.75, 3.05) is 19.0 Å². The summed E-state index contributed by atoms with van der Waals surface area (Å²) in [6.45, 7) is 1.78. The lowest BCUT2D eigenvalue weighted by Crippen LogP contribution is -2.16. The Morgan fingerprint density at radius 3 is 2.43 bits per heavy atom. The summed E-state index contributed by atoms with van der Waals surface area (Å²) in [4.78, 5) is 36.9. The SMILES string of the molecule is CCOC(=O)c1c(-c2ccc(Cl)cc2)noc1NC(=O)c1cccc(C(=O)OC)c1. The number of methoxy groups -OCH3 is 1. The number of anilines is 1. The Balaban J connectivity index is 1.96. The highest BCUT2D eigenvalue weighted by molar-refractivity contribution is 6.30. The van der Waals surface area contributed by atoms with Gasteiger partial charge in [0.05, 0.1) is 19.3 Å². The predicted octanol–water partition coefficient (Wildman–Crippen LogP) is 4.21. The number of amides is 1. The van der Waals surface area contributed by atoms with Gasteiger partial charge in [-0.3, -0.25) is 10.1 Å². The summed E-state index contributed by atoms with van der Waals surface area (Å²) in [7, 11) is 1.24. The van der Waals surface area contributed by atoms with Gasteiger partial charge in [0.1, 0.15) is 5.69 Å². The van der Waals surface area contributed by atoms with E-state index in [9.17, 15) is 14.4 Å². The summed E-state index contributed by atoms with van der Waals surface area (Å²) in [6.07, 6.45) is 0. The molecule has 0 bridgehead atoms. The fraction of sp³-hybridized carbons (Fsp3) is 0.143. The number of esters is 2. The molecule has 3 rings (SSSR count). The maximum absolute atomic E-state index is 12.7. The van der Waals surface area contributed by atoms with Crippen LogP contribution in [0.1, 0.15) is 38.0 Å². The zero-order valence-electron chi connectivity index (χ0n) is 16.1. The minimum absolute atomic E-state index is 0.0309. The molecule has 2 aromatic carbocycles. The van der Waals surface area contributed by atoms with Gasteiger partial charge in [-0.25, -0.2) is 9.59 Å². The highest BCUT2D eigenvalue weighted by atomic mass is 35.5. The van der Waals surface area contributed by atoms with E-state index in [0.29, 0.717) is 10.6 Å². The van der Waals surface area contributed by atoms with E-state index in [-0.39, 0.29) is 34.9 Å². The molecular weight excluding hydrogens is 412 g/mol. The summed E-state index contributed by atoms with van der Waals surface area (Å²) in [6, 6.07) is 12.5. The van der Waals surface area contributed by atoms with Gasteiger partial charge in [0, 0.05) is 16.1 Å². The van der Waals surface area contributed by atoms with E-state index in [4.69, 9.17) is 20.9 Å². The number of carbonyl (C=O) groups excluding carboxylic acids is 3. The second-order valence-electron chi connectivity index (χ2n) is 5.99. The van der Waals surface area contributed by atoms with E-state index < -0.39 is 17.8 Å². The van der Waals surface area contributed by atoms with Gasteiger partial charge in [-0.05, 0) is 37.3 Å². The lowest BCUT2D eigenvalue weighted by Gasteiger charge is -2.07. The van der Waals surface area contributed by atoms with Gasteiger partial charge in [-0.1, -0.05) is 35.0 Å². The molecular formula is C21H17ClN2O6. The fourth-order valence-corrected chi connectivity index (χ4v) is 2.78. The smallest absolute Gasteiger partial charge is 0.346 e. The fourth-order valence-electron chi connectivity index (χ4n) is 2.65. The molecule has 0 aliphatic rings. The number of rotatable bonds is 6. The first-order valence-corrected chi connectivity index (χ1v) is 9.24. The largest absolute Gasteiger partial charge is 0.465 e. The van der Waals surface area contributed by atoms with Gasteiger partial charge in [-0.2, -0.15) is 0 Å². The molecule has 1 heterocycles. The summed E-state index contributed by atoms with van der Waals surface area (Å²) in [5, 5.41) is 6.94. The molecule has 30 heavy (non-hydrogen) atoms. The van der Waals surface area contributed by atoms with Crippen molar-refractivity contribution >= 4 is 35.3 Å². The van der Waals surface area contributed by atoms with E-state index in [2.05, 4.69) is 15.2 Å². The van der Waals surface area contributed by atoms with E-state index >= 15 is 0 Å². The lowest BCUT2D eigenvalue weighted by molar-refractivity contribution is 0.0527. The van der Waals surface area contributed by atoms with Crippen LogP contribution in [0.25, 0.3) is 11.3 Å². The first-order valence-electron chi connectivity index (χ1n) is 8.87. The molecule has 1 amide bonds. The Morgan fingerprint density at radius 2 is 1.77 bits per heavy atom. The Bertz CT molecular complexity index is 1090. The molecule has 8 nitrogen and oxygen atoms in total. The third-order valence-electron chi connectivity index (χ3n) is 4.06. The molecule has 0 fully saturated rings. The van der Waals surface area contributed by atoms with Crippen molar-refractivity contribution in [1.29, 1.82) is 0 Å². The summed E-state index contributed by atoms with van der Waals surface area (Å²) < 4.78 is 15.0. The molecule has 0 saturated heterocycles. The number of carbonyl (C=O) groups is 3. The van der Waals surface area contributed by atoms with Crippen LogP contribution in [0.3, 0.4) is 0 Å². The highest BCUT2D eigenvalue weighted by Gasteiger charge is 2.27. The Morgan fingerprint density at radius 1 is 1.07 bits per heavy atom. The molecule has 154 valence electrons. The van der Waals surface area contributed by atoms with Crippen LogP contribution >= 0.6 is 11.6 Å². The minimum Gasteiger partial charge on any atom is -0.465 e. The first-order chi connectivity index (χ1) is 14.4. The van der Waals surface area contributed by atoms with Gasteiger partial charge < -0.3 is 14.0 Å². The van der Waals surface area contributed by atoms with E-state index in [1.165, 1.54) is 31.4 Å². The van der Waals surface area contributed by atoms with Crippen molar-refractivity contribution < 1.29 is 28.4 Å². The van der Waals surface area contributed by atoms with Crippen molar-refractivity contribution in [3.63, 3.8) is 0 Å². The second-order valence-corrected chi connectivity index (χ2v) is 6.43. The molecule has 0 spiro atoms. The normalized spacial score (nSPS) is 10.4. The van der Waals surface area contributed by atoms with Crippen LogP contribution in [0.4, 0.5) is 5.88 Å². The third kappa shape index (κ3) is 4.49. The standard InChI is InChI=1S/C21H17ClN2O6/c1-3-29-21(27)16-17(12-7-9-15(22)10-8-12)24-30-19(16)23-18(25)13-5-4-6-14(11-13)20(26)28-2/h4-11H,3H2,1-2H3,(H,23,25). The number of hydrogen-bond donors (Lipinski definition) is 1. The van der Waals surface area contributed by atoms with Gasteiger partial charge in [0.25, 0.3) is 5.91 Å². The van der Waals surface area contributed by atoms with Crippen LogP contribution < -0.4 is 5.32 Å².